The van der Waals surface area contributed by atoms with Gasteiger partial charge in [0.2, 0.25) is 0 Å². The predicted octanol–water partition coefficient (Wildman–Crippen LogP) is 24.3. The summed E-state index contributed by atoms with van der Waals surface area (Å²) in [5.41, 5.74) is 29.2. The maximum Gasteiger partial charge on any atom is 0.0779 e. The van der Waals surface area contributed by atoms with Gasteiger partial charge in [0.05, 0.1) is 24.2 Å². The second-order valence-corrected chi connectivity index (χ2v) is 43.6. The zero-order chi connectivity index (χ0) is 69.9. The minimum Gasteiger partial charge on any atom is -0.0656 e. The third-order valence-electron chi connectivity index (χ3n) is 17.9. The fourth-order valence-corrected chi connectivity index (χ4v) is 16.8. The molecule has 0 saturated heterocycles. The summed E-state index contributed by atoms with van der Waals surface area (Å²) >= 11 is 0. The first-order chi connectivity index (χ1) is 43.3. The van der Waals surface area contributed by atoms with E-state index in [4.69, 9.17) is 0 Å². The van der Waals surface area contributed by atoms with E-state index < -0.39 is 24.2 Å². The minimum atomic E-state index is -1.25. The second kappa shape index (κ2) is 43.4. The Morgan fingerprint density at radius 2 is 0.565 bits per heavy atom. The molecule has 0 spiro atoms. The van der Waals surface area contributed by atoms with Crippen molar-refractivity contribution < 1.29 is 0 Å². The van der Waals surface area contributed by atoms with Crippen LogP contribution in [0.15, 0.2) is 152 Å². The van der Waals surface area contributed by atoms with Gasteiger partial charge in [-0.3, -0.25) is 0 Å². The molecule has 0 aliphatic carbocycles. The van der Waals surface area contributed by atoms with Gasteiger partial charge in [0, 0.05) is 0 Å². The van der Waals surface area contributed by atoms with Gasteiger partial charge in [0.25, 0.3) is 0 Å². The molecule has 8 aromatic rings. The van der Waals surface area contributed by atoms with Gasteiger partial charge in [-0.25, -0.2) is 0 Å². The summed E-state index contributed by atoms with van der Waals surface area (Å²) in [7, 11) is -3.74. The summed E-state index contributed by atoms with van der Waals surface area (Å²) in [5, 5.41) is 5.06. The summed E-state index contributed by atoms with van der Waals surface area (Å²) in [5.74, 6) is 0. The van der Waals surface area contributed by atoms with Crippen LogP contribution in [0.4, 0.5) is 0 Å². The Hall–Kier alpha value is -5.59. The summed E-state index contributed by atoms with van der Waals surface area (Å²) in [4.78, 5) is 0. The Balaban J connectivity index is 0.000000532. The lowest BCUT2D eigenvalue weighted by Gasteiger charge is -2.30. The first-order valence-corrected chi connectivity index (χ1v) is 46.5. The van der Waals surface area contributed by atoms with E-state index in [-0.39, 0.29) is 0 Å². The SMILES string of the molecule is CCc1cc(C)cc(CC)c1.CCc1cc(CC)c(C)c(CC)c1.CCc1ccc(C)c(CC)c1.CCc1ccc(C)cc1.CCc1cccc(C)c1.CCc1cccc(CC)c1C.CCc1ccccc1C.Cc1c([Si](C)(C)C)cc([Si](C)(C)C)cc1[Si](C)(C)C. The van der Waals surface area contributed by atoms with Crippen molar-refractivity contribution in [2.45, 2.75) is 274 Å². The van der Waals surface area contributed by atoms with Crippen molar-refractivity contribution in [3.05, 3.63) is 263 Å². The van der Waals surface area contributed by atoms with Crippen molar-refractivity contribution >= 4 is 39.8 Å². The molecule has 0 aliphatic rings. The molecule has 0 radical (unpaired) electrons. The summed E-state index contributed by atoms with van der Waals surface area (Å²) in [6.45, 7) is 66.3. The number of hydrogen-bond acceptors (Lipinski definition) is 0. The Labute approximate surface area is 573 Å². The maximum absolute atomic E-state index is 2.57. The van der Waals surface area contributed by atoms with Gasteiger partial charge in [-0.1, -0.05) is 331 Å². The number of benzene rings is 8. The van der Waals surface area contributed by atoms with Crippen LogP contribution in [0.3, 0.4) is 0 Å². The van der Waals surface area contributed by atoms with Crippen LogP contribution in [-0.2, 0) is 77.0 Å². The number of aryl methyl sites for hydroxylation is 17. The van der Waals surface area contributed by atoms with E-state index in [1.807, 2.05) is 0 Å². The molecule has 8 aromatic carbocycles. The van der Waals surface area contributed by atoms with E-state index in [1.165, 1.54) is 106 Å². The molecule has 0 atom stereocenters. The first kappa shape index (κ1) is 84.4. The van der Waals surface area contributed by atoms with Crippen molar-refractivity contribution in [1.29, 1.82) is 0 Å². The molecule has 0 aliphatic heterocycles. The lowest BCUT2D eigenvalue weighted by Crippen LogP contribution is -2.53. The van der Waals surface area contributed by atoms with Gasteiger partial charge in [-0.2, -0.15) is 0 Å². The zero-order valence-electron chi connectivity index (χ0n) is 64.9. The molecule has 8 rings (SSSR count). The molecule has 0 amide bonds. The van der Waals surface area contributed by atoms with E-state index >= 15 is 0 Å². The van der Waals surface area contributed by atoms with Crippen molar-refractivity contribution in [2.75, 3.05) is 0 Å². The van der Waals surface area contributed by atoms with Crippen LogP contribution < -0.4 is 15.6 Å². The maximum atomic E-state index is 2.57. The van der Waals surface area contributed by atoms with Crippen LogP contribution in [0, 0.1) is 55.4 Å². The van der Waals surface area contributed by atoms with Gasteiger partial charge >= 0.3 is 0 Å². The standard InChI is InChI=1S/C16H32Si3.C13H20.3C11H16.3C9H12/c1-13-15(18(5,6)7)11-14(17(2,3)4)12-16(13)19(8,9)10;1-5-11-8-12(6-2)10(4)13(7-3)9-11;1-4-10-6-9(3)7-11(5-2)8-10;1-4-10-7-6-9(3)11(5-2)8-10;1-4-10-7-6-8-11(5-2)9(10)3;1-3-9-6-4-8(2)5-7-9;1-3-9-6-4-5-8(2)7-9;1-3-9-7-5-4-6-8(9)2/h11-12H,1-10H3;8-9H,5-7H2,1-4H3;3*6-8H,4-5H2,1-3H3;3*4-7H,3H2,1-2H3. The van der Waals surface area contributed by atoms with Crippen molar-refractivity contribution in [2.24, 2.45) is 0 Å². The van der Waals surface area contributed by atoms with E-state index in [1.54, 1.807) is 21.1 Å². The highest BCUT2D eigenvalue weighted by molar-refractivity contribution is 6.94. The Morgan fingerprint density at radius 1 is 0.217 bits per heavy atom. The van der Waals surface area contributed by atoms with Crippen molar-refractivity contribution in [1.82, 2.24) is 0 Å². The molecule has 0 aromatic heterocycles. The van der Waals surface area contributed by atoms with Crippen LogP contribution in [-0.4, -0.2) is 24.2 Å². The normalized spacial score (nSPS) is 10.8. The first-order valence-electron chi connectivity index (χ1n) is 36.0. The van der Waals surface area contributed by atoms with Gasteiger partial charge in [-0.05, 0) is 221 Å². The molecule has 0 fully saturated rings. The molecule has 92 heavy (non-hydrogen) atoms. The molecule has 0 heterocycles. The van der Waals surface area contributed by atoms with Gasteiger partial charge in [0.15, 0.2) is 0 Å². The molecular formula is C89H136Si3. The average molecular weight is 1290 g/mol. The summed E-state index contributed by atoms with van der Waals surface area (Å²) in [6, 6.07) is 55.8. The second-order valence-electron chi connectivity index (χ2n) is 28.4. The van der Waals surface area contributed by atoms with Crippen LogP contribution in [0.5, 0.6) is 0 Å². The predicted molar refractivity (Wildman–Crippen MR) is 431 cm³/mol. The van der Waals surface area contributed by atoms with Gasteiger partial charge in [0.1, 0.15) is 0 Å². The lowest BCUT2D eigenvalue weighted by molar-refractivity contribution is 1.01. The smallest absolute Gasteiger partial charge is 0.0656 e. The lowest BCUT2D eigenvalue weighted by atomic mass is 9.95. The molecule has 0 saturated carbocycles. The van der Waals surface area contributed by atoms with E-state index in [0.717, 1.165) is 77.0 Å². The molecule has 0 unspecified atom stereocenters. The highest BCUT2D eigenvalue weighted by atomic mass is 28.3. The Bertz CT molecular complexity index is 3240. The van der Waals surface area contributed by atoms with E-state index in [9.17, 15) is 0 Å². The fraction of sp³-hybridized carbons (Fsp3) is 0.461. The topological polar surface area (TPSA) is 0 Å². The Kier molecular flexibility index (Phi) is 39.8. The highest BCUT2D eigenvalue weighted by Gasteiger charge is 2.29. The minimum absolute atomic E-state index is 1.14. The van der Waals surface area contributed by atoms with Gasteiger partial charge in [-0.15, -0.1) is 0 Å². The molecule has 504 valence electrons. The van der Waals surface area contributed by atoms with Crippen LogP contribution >= 0.6 is 0 Å². The third kappa shape index (κ3) is 30.7. The van der Waals surface area contributed by atoms with E-state index in [0.29, 0.717) is 0 Å². The summed E-state index contributed by atoms with van der Waals surface area (Å²) < 4.78 is 0. The number of rotatable bonds is 15. The molecule has 0 nitrogen and oxygen atoms in total. The molecule has 0 bridgehead atoms. The Morgan fingerprint density at radius 3 is 0.935 bits per heavy atom. The summed E-state index contributed by atoms with van der Waals surface area (Å²) in [6.07, 6.45) is 13.8. The average Bonchev–Trinajstić information content (AvgIpc) is 0.794. The quantitative estimate of drug-likeness (QED) is 0.0898. The van der Waals surface area contributed by atoms with Crippen LogP contribution in [0.25, 0.3) is 0 Å². The van der Waals surface area contributed by atoms with Crippen molar-refractivity contribution in [3.63, 3.8) is 0 Å². The monoisotopic (exact) mass is 1290 g/mol. The largest absolute Gasteiger partial charge is 0.0779 e. The fourth-order valence-electron chi connectivity index (χ4n) is 11.5. The molecular weight excluding hydrogens is 1150 g/mol. The van der Waals surface area contributed by atoms with Crippen LogP contribution in [0.1, 0.15) is 194 Å². The third-order valence-corrected chi connectivity index (χ3v) is 24.2. The van der Waals surface area contributed by atoms with Crippen molar-refractivity contribution in [3.8, 4) is 0 Å². The molecule has 0 N–H and O–H groups in total. The van der Waals surface area contributed by atoms with Crippen LogP contribution in [0.2, 0.25) is 58.9 Å². The number of hydrogen-bond donors (Lipinski definition) is 0. The van der Waals surface area contributed by atoms with E-state index in [2.05, 4.69) is 349 Å². The van der Waals surface area contributed by atoms with Gasteiger partial charge < -0.3 is 0 Å². The molecule has 3 heteroatoms. The zero-order valence-corrected chi connectivity index (χ0v) is 67.9. The highest BCUT2D eigenvalue weighted by Crippen LogP contribution is 2.20.